The van der Waals surface area contributed by atoms with E-state index in [0.29, 0.717) is 5.02 Å². The summed E-state index contributed by atoms with van der Waals surface area (Å²) in [6, 6.07) is 14.7. The van der Waals surface area contributed by atoms with Gasteiger partial charge in [-0.3, -0.25) is 4.79 Å². The number of esters is 1. The number of halogens is 1. The quantitative estimate of drug-likeness (QED) is 0.626. The van der Waals surface area contributed by atoms with Crippen LogP contribution in [0.3, 0.4) is 0 Å². The van der Waals surface area contributed by atoms with Gasteiger partial charge in [0.05, 0.1) is 6.04 Å². The third-order valence-electron chi connectivity index (χ3n) is 3.53. The van der Waals surface area contributed by atoms with Crippen LogP contribution in [0.4, 0.5) is 0 Å². The number of ether oxygens (including phenoxy) is 1. The Hall–Kier alpha value is -2.59. The molecule has 130 valence electrons. The van der Waals surface area contributed by atoms with E-state index in [0.717, 1.165) is 16.7 Å². The molecule has 2 aromatic carbocycles. The first kappa shape index (κ1) is 18.7. The molecular formula is C20H20ClNO3. The van der Waals surface area contributed by atoms with Gasteiger partial charge in [-0.05, 0) is 43.2 Å². The molecule has 0 saturated heterocycles. The van der Waals surface area contributed by atoms with Crippen LogP contribution in [0.5, 0.6) is 0 Å². The molecule has 4 nitrogen and oxygen atoms in total. The van der Waals surface area contributed by atoms with Crippen LogP contribution < -0.4 is 5.32 Å². The van der Waals surface area contributed by atoms with Crippen LogP contribution in [0, 0.1) is 6.92 Å². The second kappa shape index (κ2) is 9.04. The summed E-state index contributed by atoms with van der Waals surface area (Å²) in [5, 5.41) is 3.36. The highest BCUT2D eigenvalue weighted by molar-refractivity contribution is 6.30. The van der Waals surface area contributed by atoms with Crippen LogP contribution >= 0.6 is 11.6 Å². The van der Waals surface area contributed by atoms with Crippen molar-refractivity contribution in [3.8, 4) is 0 Å². The maximum absolute atomic E-state index is 11.9. The topological polar surface area (TPSA) is 55.4 Å². The lowest BCUT2D eigenvalue weighted by Crippen LogP contribution is -2.30. The van der Waals surface area contributed by atoms with Gasteiger partial charge < -0.3 is 10.1 Å². The molecule has 0 saturated carbocycles. The number of benzene rings is 2. The molecule has 0 bridgehead atoms. The predicted octanol–water partition coefficient (Wildman–Crippen LogP) is 4.08. The minimum Gasteiger partial charge on any atom is -0.452 e. The van der Waals surface area contributed by atoms with Crippen LogP contribution in [0.2, 0.25) is 5.02 Å². The van der Waals surface area contributed by atoms with Crippen molar-refractivity contribution in [3.05, 3.63) is 76.3 Å². The number of hydrogen-bond donors (Lipinski definition) is 1. The number of amides is 1. The Balaban J connectivity index is 1.80. The Bertz CT molecular complexity index is 786. The zero-order chi connectivity index (χ0) is 18.2. The first-order valence-electron chi connectivity index (χ1n) is 7.90. The molecule has 0 fully saturated rings. The maximum atomic E-state index is 11.9. The van der Waals surface area contributed by atoms with Crippen molar-refractivity contribution in [2.24, 2.45) is 0 Å². The molecule has 0 aromatic heterocycles. The summed E-state index contributed by atoms with van der Waals surface area (Å²) in [7, 11) is 0. The van der Waals surface area contributed by atoms with Gasteiger partial charge in [0.25, 0.3) is 5.91 Å². The zero-order valence-corrected chi connectivity index (χ0v) is 14.9. The van der Waals surface area contributed by atoms with Crippen LogP contribution in [0.15, 0.2) is 54.6 Å². The Kier molecular flexibility index (Phi) is 6.78. The summed E-state index contributed by atoms with van der Waals surface area (Å²) < 4.78 is 4.95. The van der Waals surface area contributed by atoms with Gasteiger partial charge in [0.1, 0.15) is 0 Å². The van der Waals surface area contributed by atoms with E-state index in [9.17, 15) is 9.59 Å². The summed E-state index contributed by atoms with van der Waals surface area (Å²) in [5.41, 5.74) is 2.88. The minimum atomic E-state index is -0.563. The minimum absolute atomic E-state index is 0.229. The molecule has 1 N–H and O–H groups in total. The molecule has 2 rings (SSSR count). The number of carbonyl (C=O) groups excluding carboxylic acids is 2. The van der Waals surface area contributed by atoms with E-state index in [2.05, 4.69) is 5.32 Å². The van der Waals surface area contributed by atoms with Crippen molar-refractivity contribution in [3.63, 3.8) is 0 Å². The number of aryl methyl sites for hydroxylation is 1. The first-order chi connectivity index (χ1) is 11.9. The molecule has 0 unspecified atom stereocenters. The SMILES string of the molecule is Cc1cccc(/C=C/C(=O)OCC(=O)N[C@@H](C)c2cccc(Cl)c2)c1. The predicted molar refractivity (Wildman–Crippen MR) is 99.2 cm³/mol. The second-order valence-corrected chi connectivity index (χ2v) is 6.14. The lowest BCUT2D eigenvalue weighted by atomic mass is 10.1. The number of carbonyl (C=O) groups is 2. The number of rotatable bonds is 6. The highest BCUT2D eigenvalue weighted by Crippen LogP contribution is 2.17. The van der Waals surface area contributed by atoms with Crippen LogP contribution in [-0.2, 0) is 14.3 Å². The summed E-state index contributed by atoms with van der Waals surface area (Å²) >= 11 is 5.93. The average Bonchev–Trinajstić information content (AvgIpc) is 2.58. The highest BCUT2D eigenvalue weighted by Gasteiger charge is 2.11. The second-order valence-electron chi connectivity index (χ2n) is 5.70. The normalized spacial score (nSPS) is 12.0. The number of nitrogens with one attached hydrogen (secondary N) is 1. The van der Waals surface area contributed by atoms with Gasteiger partial charge in [0.2, 0.25) is 0 Å². The Morgan fingerprint density at radius 3 is 2.68 bits per heavy atom. The monoisotopic (exact) mass is 357 g/mol. The van der Waals surface area contributed by atoms with Gasteiger partial charge in [-0.15, -0.1) is 0 Å². The molecule has 0 radical (unpaired) electrons. The summed E-state index contributed by atoms with van der Waals surface area (Å²) in [6.07, 6.45) is 2.96. The van der Waals surface area contributed by atoms with Crippen molar-refractivity contribution in [1.29, 1.82) is 0 Å². The molecule has 0 spiro atoms. The van der Waals surface area contributed by atoms with Gasteiger partial charge in [0.15, 0.2) is 6.61 Å². The van der Waals surface area contributed by atoms with Crippen molar-refractivity contribution in [2.75, 3.05) is 6.61 Å². The Morgan fingerprint density at radius 2 is 1.96 bits per heavy atom. The first-order valence-corrected chi connectivity index (χ1v) is 8.28. The largest absolute Gasteiger partial charge is 0.452 e. The van der Waals surface area contributed by atoms with Gasteiger partial charge in [-0.1, -0.05) is 53.6 Å². The zero-order valence-electron chi connectivity index (χ0n) is 14.2. The Labute approximate surface area is 152 Å². The van der Waals surface area contributed by atoms with Crippen LogP contribution in [-0.4, -0.2) is 18.5 Å². The van der Waals surface area contributed by atoms with E-state index in [1.165, 1.54) is 6.08 Å². The van der Waals surface area contributed by atoms with Crippen molar-refractivity contribution in [2.45, 2.75) is 19.9 Å². The van der Waals surface area contributed by atoms with Gasteiger partial charge >= 0.3 is 5.97 Å². The van der Waals surface area contributed by atoms with Gasteiger partial charge in [0, 0.05) is 11.1 Å². The van der Waals surface area contributed by atoms with E-state index in [1.807, 2.05) is 50.2 Å². The fourth-order valence-electron chi connectivity index (χ4n) is 2.27. The molecule has 25 heavy (non-hydrogen) atoms. The highest BCUT2D eigenvalue weighted by atomic mass is 35.5. The third-order valence-corrected chi connectivity index (χ3v) is 3.76. The molecule has 1 atom stereocenters. The van der Waals surface area contributed by atoms with E-state index < -0.39 is 5.97 Å². The summed E-state index contributed by atoms with van der Waals surface area (Å²) in [6.45, 7) is 3.48. The number of hydrogen-bond acceptors (Lipinski definition) is 3. The smallest absolute Gasteiger partial charge is 0.331 e. The van der Waals surface area contributed by atoms with E-state index >= 15 is 0 Å². The van der Waals surface area contributed by atoms with Gasteiger partial charge in [-0.2, -0.15) is 0 Å². The molecule has 1 amide bonds. The molecule has 5 heteroatoms. The van der Waals surface area contributed by atoms with Crippen LogP contribution in [0.1, 0.15) is 29.7 Å². The lowest BCUT2D eigenvalue weighted by molar-refractivity contribution is -0.144. The molecular weight excluding hydrogens is 338 g/mol. The van der Waals surface area contributed by atoms with Crippen molar-refractivity contribution >= 4 is 29.6 Å². The van der Waals surface area contributed by atoms with Crippen molar-refractivity contribution < 1.29 is 14.3 Å². The fraction of sp³-hybridized carbons (Fsp3) is 0.200. The maximum Gasteiger partial charge on any atom is 0.331 e. The lowest BCUT2D eigenvalue weighted by Gasteiger charge is -2.14. The molecule has 0 heterocycles. The summed E-state index contributed by atoms with van der Waals surface area (Å²) in [4.78, 5) is 23.6. The molecule has 2 aromatic rings. The Morgan fingerprint density at radius 1 is 1.20 bits per heavy atom. The van der Waals surface area contributed by atoms with E-state index in [-0.39, 0.29) is 18.6 Å². The molecule has 0 aliphatic carbocycles. The van der Waals surface area contributed by atoms with E-state index in [4.69, 9.17) is 16.3 Å². The molecule has 0 aliphatic rings. The van der Waals surface area contributed by atoms with Crippen molar-refractivity contribution in [1.82, 2.24) is 5.32 Å². The average molecular weight is 358 g/mol. The third kappa shape index (κ3) is 6.43. The molecule has 0 aliphatic heterocycles. The van der Waals surface area contributed by atoms with E-state index in [1.54, 1.807) is 18.2 Å². The fourth-order valence-corrected chi connectivity index (χ4v) is 2.46. The van der Waals surface area contributed by atoms with Crippen LogP contribution in [0.25, 0.3) is 6.08 Å². The summed E-state index contributed by atoms with van der Waals surface area (Å²) in [5.74, 6) is -0.933. The standard InChI is InChI=1S/C20H20ClNO3/c1-14-5-3-6-16(11-14)9-10-20(24)25-13-19(23)22-15(2)17-7-4-8-18(21)12-17/h3-12,15H,13H2,1-2H3,(H,22,23)/b10-9+/t15-/m0/s1. The van der Waals surface area contributed by atoms with Gasteiger partial charge in [-0.25, -0.2) is 4.79 Å².